The van der Waals surface area contributed by atoms with Gasteiger partial charge in [-0.1, -0.05) is 164 Å². The lowest BCUT2D eigenvalue weighted by molar-refractivity contribution is 0.857. The molecule has 11 rings (SSSR count). The Labute approximate surface area is 323 Å². The maximum Gasteiger partial charge on any atom is 0.0979 e. The molecule has 0 aliphatic heterocycles. The fraction of sp³-hybridized carbons (Fsp3) is 0.0385. The Balaban J connectivity index is 0.843. The van der Waals surface area contributed by atoms with Crippen molar-refractivity contribution in [3.63, 3.8) is 0 Å². The Morgan fingerprint density at radius 1 is 0.491 bits per heavy atom. The standard InChI is InChI=1S/C52H34N2S/c1-3-17-45-42(14-1)43-15-2-4-18-46(43)51-50(45)53-32-48(54-51)40-13-8-11-38(31-40)36-28-24-34(25-29-36)33-22-26-35(27-23-33)37-10-7-12-39(30-37)41-19-9-20-47-44-16-5-6-21-49(44)55-52(41)47/h1-22,24-33H,23H2. The SMILES string of the molecule is C1=CC(c2ccc(-c3cccc(-c4cnc5c6ccccc6c6ccccc6c5n4)c3)cc2)CC=C1c1cccc(-c2cccc3c2sc2ccccc23)c1. The van der Waals surface area contributed by atoms with Crippen LogP contribution in [-0.4, -0.2) is 9.97 Å². The van der Waals surface area contributed by atoms with E-state index in [0.717, 1.165) is 39.5 Å². The molecule has 55 heavy (non-hydrogen) atoms. The molecule has 2 heterocycles. The van der Waals surface area contributed by atoms with E-state index in [0.29, 0.717) is 5.92 Å². The normalized spacial score (nSPS) is 14.3. The lowest BCUT2D eigenvalue weighted by Gasteiger charge is -2.18. The van der Waals surface area contributed by atoms with E-state index in [1.807, 2.05) is 17.5 Å². The average molecular weight is 719 g/mol. The van der Waals surface area contributed by atoms with Crippen LogP contribution in [0.1, 0.15) is 23.5 Å². The minimum atomic E-state index is 0.346. The molecule has 0 amide bonds. The van der Waals surface area contributed by atoms with Crippen molar-refractivity contribution >= 4 is 69.7 Å². The molecule has 0 spiro atoms. The van der Waals surface area contributed by atoms with Crippen LogP contribution in [0.5, 0.6) is 0 Å². The molecule has 2 nitrogen and oxygen atoms in total. The van der Waals surface area contributed by atoms with Gasteiger partial charge in [-0.15, -0.1) is 11.3 Å². The molecule has 0 saturated carbocycles. The van der Waals surface area contributed by atoms with Crippen molar-refractivity contribution in [3.8, 4) is 33.5 Å². The first kappa shape index (κ1) is 31.8. The zero-order chi connectivity index (χ0) is 36.3. The number of hydrogen-bond acceptors (Lipinski definition) is 3. The molecule has 0 bridgehead atoms. The van der Waals surface area contributed by atoms with Crippen LogP contribution in [-0.2, 0) is 0 Å². The van der Waals surface area contributed by atoms with Crippen LogP contribution in [0.3, 0.4) is 0 Å². The number of fused-ring (bicyclic) bond motifs is 9. The minimum Gasteiger partial charge on any atom is -0.252 e. The summed E-state index contributed by atoms with van der Waals surface area (Å²) in [6.45, 7) is 0. The van der Waals surface area contributed by atoms with E-state index in [4.69, 9.17) is 9.97 Å². The molecule has 258 valence electrons. The predicted molar refractivity (Wildman–Crippen MR) is 235 cm³/mol. The van der Waals surface area contributed by atoms with Crippen LogP contribution < -0.4 is 0 Å². The molecule has 1 unspecified atom stereocenters. The second-order valence-corrected chi connectivity index (χ2v) is 15.5. The highest BCUT2D eigenvalue weighted by Crippen LogP contribution is 2.41. The third-order valence-electron chi connectivity index (χ3n) is 11.3. The first-order valence-corrected chi connectivity index (χ1v) is 19.7. The van der Waals surface area contributed by atoms with E-state index in [2.05, 4.69) is 182 Å². The summed E-state index contributed by atoms with van der Waals surface area (Å²) in [6, 6.07) is 59.2. The number of aromatic nitrogens is 2. The summed E-state index contributed by atoms with van der Waals surface area (Å²) in [4.78, 5) is 10.2. The summed E-state index contributed by atoms with van der Waals surface area (Å²) in [5.74, 6) is 0.346. The summed E-state index contributed by atoms with van der Waals surface area (Å²) >= 11 is 1.89. The van der Waals surface area contributed by atoms with Crippen molar-refractivity contribution < 1.29 is 0 Å². The predicted octanol–water partition coefficient (Wildman–Crippen LogP) is 14.4. The fourth-order valence-corrected chi connectivity index (χ4v) is 9.70. The van der Waals surface area contributed by atoms with Crippen LogP contribution in [0, 0.1) is 0 Å². The second-order valence-electron chi connectivity index (χ2n) is 14.5. The molecule has 2 aromatic heterocycles. The quantitative estimate of drug-likeness (QED) is 0.166. The van der Waals surface area contributed by atoms with Crippen LogP contribution in [0.15, 0.2) is 188 Å². The van der Waals surface area contributed by atoms with Gasteiger partial charge in [0.15, 0.2) is 0 Å². The first-order chi connectivity index (χ1) is 27.2. The highest BCUT2D eigenvalue weighted by molar-refractivity contribution is 7.26. The summed E-state index contributed by atoms with van der Waals surface area (Å²) in [6.07, 6.45) is 9.97. The molecule has 0 N–H and O–H groups in total. The molecular formula is C52H34N2S. The summed E-state index contributed by atoms with van der Waals surface area (Å²) in [5.41, 5.74) is 12.6. The summed E-state index contributed by atoms with van der Waals surface area (Å²) in [7, 11) is 0. The van der Waals surface area contributed by atoms with Gasteiger partial charge in [-0.2, -0.15) is 0 Å². The molecule has 0 radical (unpaired) electrons. The van der Waals surface area contributed by atoms with Gasteiger partial charge in [-0.05, 0) is 74.3 Å². The highest BCUT2D eigenvalue weighted by atomic mass is 32.1. The summed E-state index contributed by atoms with van der Waals surface area (Å²) in [5, 5.41) is 7.35. The van der Waals surface area contributed by atoms with Gasteiger partial charge >= 0.3 is 0 Å². The topological polar surface area (TPSA) is 25.8 Å². The first-order valence-electron chi connectivity index (χ1n) is 18.9. The molecule has 0 saturated heterocycles. The summed E-state index contributed by atoms with van der Waals surface area (Å²) < 4.78 is 2.69. The number of thiophene rings is 1. The lowest BCUT2D eigenvalue weighted by atomic mass is 9.87. The third kappa shape index (κ3) is 5.47. The maximum absolute atomic E-state index is 5.23. The van der Waals surface area contributed by atoms with Crippen molar-refractivity contribution in [2.45, 2.75) is 12.3 Å². The Morgan fingerprint density at radius 3 is 1.91 bits per heavy atom. The minimum absolute atomic E-state index is 0.346. The van der Waals surface area contributed by atoms with Gasteiger partial charge in [0, 0.05) is 42.4 Å². The highest BCUT2D eigenvalue weighted by Gasteiger charge is 2.16. The third-order valence-corrected chi connectivity index (χ3v) is 12.5. The van der Waals surface area contributed by atoms with Crippen molar-refractivity contribution in [2.75, 3.05) is 0 Å². The van der Waals surface area contributed by atoms with Crippen molar-refractivity contribution in [3.05, 3.63) is 199 Å². The zero-order valence-corrected chi connectivity index (χ0v) is 30.8. The Hall–Kier alpha value is -6.68. The molecule has 3 heteroatoms. The van der Waals surface area contributed by atoms with Gasteiger partial charge in [0.25, 0.3) is 0 Å². The van der Waals surface area contributed by atoms with Crippen molar-refractivity contribution in [2.24, 2.45) is 0 Å². The lowest BCUT2D eigenvalue weighted by Crippen LogP contribution is -1.99. The number of rotatable bonds is 5. The monoisotopic (exact) mass is 718 g/mol. The zero-order valence-electron chi connectivity index (χ0n) is 30.0. The largest absolute Gasteiger partial charge is 0.252 e. The van der Waals surface area contributed by atoms with E-state index in [1.54, 1.807) is 0 Å². The number of nitrogens with zero attached hydrogens (tertiary/aromatic N) is 2. The smallest absolute Gasteiger partial charge is 0.0979 e. The number of hydrogen-bond donors (Lipinski definition) is 0. The maximum atomic E-state index is 5.23. The average Bonchev–Trinajstić information content (AvgIpc) is 3.66. The molecule has 1 aliphatic carbocycles. The van der Waals surface area contributed by atoms with Crippen molar-refractivity contribution in [1.29, 1.82) is 0 Å². The van der Waals surface area contributed by atoms with Gasteiger partial charge in [0.1, 0.15) is 0 Å². The van der Waals surface area contributed by atoms with Gasteiger partial charge in [0.2, 0.25) is 0 Å². The van der Waals surface area contributed by atoms with Crippen LogP contribution in [0.4, 0.5) is 0 Å². The van der Waals surface area contributed by atoms with E-state index >= 15 is 0 Å². The van der Waals surface area contributed by atoms with E-state index in [-0.39, 0.29) is 0 Å². The fourth-order valence-electron chi connectivity index (χ4n) is 8.47. The van der Waals surface area contributed by atoms with Crippen LogP contribution in [0.25, 0.3) is 91.8 Å². The molecule has 10 aromatic rings. The second kappa shape index (κ2) is 13.0. The van der Waals surface area contributed by atoms with E-state index < -0.39 is 0 Å². The van der Waals surface area contributed by atoms with E-state index in [9.17, 15) is 0 Å². The van der Waals surface area contributed by atoms with Gasteiger partial charge in [0.05, 0.1) is 22.9 Å². The van der Waals surface area contributed by atoms with Gasteiger partial charge in [-0.25, -0.2) is 4.98 Å². The van der Waals surface area contributed by atoms with Gasteiger partial charge in [-0.3, -0.25) is 4.98 Å². The van der Waals surface area contributed by atoms with E-state index in [1.165, 1.54) is 69.9 Å². The van der Waals surface area contributed by atoms with Crippen LogP contribution in [0.2, 0.25) is 0 Å². The Bertz CT molecular complexity index is 3150. The van der Waals surface area contributed by atoms with Crippen LogP contribution >= 0.6 is 11.3 Å². The van der Waals surface area contributed by atoms with Gasteiger partial charge < -0.3 is 0 Å². The Morgan fingerprint density at radius 2 is 1.13 bits per heavy atom. The molecular weight excluding hydrogens is 685 g/mol. The number of benzene rings is 8. The Kier molecular flexibility index (Phi) is 7.53. The molecule has 1 aliphatic rings. The number of allylic oxidation sites excluding steroid dienone is 4. The molecule has 0 fully saturated rings. The molecule has 1 atom stereocenters. The van der Waals surface area contributed by atoms with Crippen molar-refractivity contribution in [1.82, 2.24) is 9.97 Å². The molecule has 8 aromatic carbocycles.